The number of aryl methyl sites for hydroxylation is 1. The number of nitrogens with one attached hydrogen (secondary N) is 1. The number of hydrogen-bond donors (Lipinski definition) is 1. The molecule has 4 rings (SSSR count). The summed E-state index contributed by atoms with van der Waals surface area (Å²) in [6.45, 7) is 2.17. The Morgan fingerprint density at radius 1 is 1.19 bits per heavy atom. The SMILES string of the molecule is Cc1cc(NC(=O)CSc2nnc(-c3ccc4c(c3)OCO4)o2)ccc1Br. The third kappa shape index (κ3) is 4.09. The minimum Gasteiger partial charge on any atom is -0.454 e. The molecule has 0 fully saturated rings. The third-order valence-corrected chi connectivity index (χ3v) is 5.50. The smallest absolute Gasteiger partial charge is 0.277 e. The lowest BCUT2D eigenvalue weighted by Gasteiger charge is -2.06. The third-order valence-electron chi connectivity index (χ3n) is 3.79. The van der Waals surface area contributed by atoms with Crippen LogP contribution in [0.5, 0.6) is 11.5 Å². The van der Waals surface area contributed by atoms with Crippen molar-refractivity contribution in [2.45, 2.75) is 12.1 Å². The number of halogens is 1. The molecule has 0 atom stereocenters. The molecule has 138 valence electrons. The van der Waals surface area contributed by atoms with Crippen LogP contribution < -0.4 is 14.8 Å². The Bertz CT molecular complexity index is 1010. The average molecular weight is 448 g/mol. The highest BCUT2D eigenvalue weighted by Gasteiger charge is 2.17. The van der Waals surface area contributed by atoms with Crippen LogP contribution in [0.1, 0.15) is 5.56 Å². The lowest BCUT2D eigenvalue weighted by atomic mass is 10.2. The van der Waals surface area contributed by atoms with Crippen molar-refractivity contribution in [3.63, 3.8) is 0 Å². The molecular weight excluding hydrogens is 434 g/mol. The molecule has 0 saturated carbocycles. The minimum atomic E-state index is -0.149. The summed E-state index contributed by atoms with van der Waals surface area (Å²) < 4.78 is 17.2. The van der Waals surface area contributed by atoms with Crippen molar-refractivity contribution >= 4 is 39.3 Å². The number of fused-ring (bicyclic) bond motifs is 1. The van der Waals surface area contributed by atoms with Gasteiger partial charge in [0.2, 0.25) is 18.6 Å². The van der Waals surface area contributed by atoms with Crippen LogP contribution in [-0.2, 0) is 4.79 Å². The minimum absolute atomic E-state index is 0.149. The van der Waals surface area contributed by atoms with Crippen molar-refractivity contribution in [2.75, 3.05) is 17.9 Å². The summed E-state index contributed by atoms with van der Waals surface area (Å²) in [4.78, 5) is 12.1. The fourth-order valence-electron chi connectivity index (χ4n) is 2.46. The maximum Gasteiger partial charge on any atom is 0.277 e. The number of aromatic nitrogens is 2. The number of rotatable bonds is 5. The van der Waals surface area contributed by atoms with E-state index in [4.69, 9.17) is 13.9 Å². The van der Waals surface area contributed by atoms with E-state index in [1.165, 1.54) is 11.8 Å². The van der Waals surface area contributed by atoms with E-state index in [2.05, 4.69) is 31.4 Å². The van der Waals surface area contributed by atoms with Gasteiger partial charge in [0, 0.05) is 15.7 Å². The Morgan fingerprint density at radius 3 is 2.89 bits per heavy atom. The molecule has 9 heteroatoms. The second-order valence-corrected chi connectivity index (χ2v) is 7.52. The summed E-state index contributed by atoms with van der Waals surface area (Å²) in [5.74, 6) is 1.71. The highest BCUT2D eigenvalue weighted by Crippen LogP contribution is 2.36. The zero-order chi connectivity index (χ0) is 18.8. The van der Waals surface area contributed by atoms with Crippen LogP contribution in [0.2, 0.25) is 0 Å². The first-order valence-corrected chi connectivity index (χ1v) is 9.79. The van der Waals surface area contributed by atoms with E-state index in [0.717, 1.165) is 21.3 Å². The van der Waals surface area contributed by atoms with Gasteiger partial charge in [-0.25, -0.2) is 0 Å². The Morgan fingerprint density at radius 2 is 2.04 bits per heavy atom. The predicted molar refractivity (Wildman–Crippen MR) is 104 cm³/mol. The Hall–Kier alpha value is -2.52. The van der Waals surface area contributed by atoms with Gasteiger partial charge in [-0.05, 0) is 48.9 Å². The monoisotopic (exact) mass is 447 g/mol. The van der Waals surface area contributed by atoms with Gasteiger partial charge in [-0.2, -0.15) is 0 Å². The van der Waals surface area contributed by atoms with E-state index >= 15 is 0 Å². The lowest BCUT2D eigenvalue weighted by molar-refractivity contribution is -0.113. The van der Waals surface area contributed by atoms with Crippen LogP contribution >= 0.6 is 27.7 Å². The van der Waals surface area contributed by atoms with Crippen molar-refractivity contribution in [3.8, 4) is 23.0 Å². The van der Waals surface area contributed by atoms with E-state index in [0.29, 0.717) is 22.6 Å². The normalized spacial score (nSPS) is 12.2. The number of nitrogens with zero attached hydrogens (tertiary/aromatic N) is 2. The molecule has 1 amide bonds. The Balaban J connectivity index is 1.36. The number of carbonyl (C=O) groups is 1. The molecule has 0 radical (unpaired) electrons. The standard InChI is InChI=1S/C18H14BrN3O4S/c1-10-6-12(3-4-13(10)19)20-16(23)8-27-18-22-21-17(26-18)11-2-5-14-15(7-11)25-9-24-14/h2-7H,8-9H2,1H3,(H,20,23). The first-order valence-electron chi connectivity index (χ1n) is 8.01. The number of carbonyl (C=O) groups excluding carboxylic acids is 1. The average Bonchev–Trinajstić information content (AvgIpc) is 3.31. The number of hydrogen-bond acceptors (Lipinski definition) is 7. The van der Waals surface area contributed by atoms with Crippen LogP contribution in [0.25, 0.3) is 11.5 Å². The maximum absolute atomic E-state index is 12.1. The number of benzene rings is 2. The van der Waals surface area contributed by atoms with Gasteiger partial charge in [0.1, 0.15) is 0 Å². The molecule has 0 bridgehead atoms. The van der Waals surface area contributed by atoms with Crippen molar-refractivity contribution in [1.29, 1.82) is 0 Å². The Labute approximate surface area is 167 Å². The molecule has 2 heterocycles. The van der Waals surface area contributed by atoms with Crippen molar-refractivity contribution < 1.29 is 18.7 Å². The molecule has 0 aliphatic carbocycles. The second kappa shape index (κ2) is 7.61. The molecule has 0 spiro atoms. The van der Waals surface area contributed by atoms with Gasteiger partial charge in [0.15, 0.2) is 11.5 Å². The topological polar surface area (TPSA) is 86.5 Å². The van der Waals surface area contributed by atoms with Gasteiger partial charge in [-0.15, -0.1) is 10.2 Å². The van der Waals surface area contributed by atoms with Crippen LogP contribution in [-0.4, -0.2) is 28.7 Å². The summed E-state index contributed by atoms with van der Waals surface area (Å²) in [5.41, 5.74) is 2.52. The van der Waals surface area contributed by atoms with Crippen LogP contribution in [0.3, 0.4) is 0 Å². The zero-order valence-electron chi connectivity index (χ0n) is 14.2. The molecular formula is C18H14BrN3O4S. The highest BCUT2D eigenvalue weighted by atomic mass is 79.9. The van der Waals surface area contributed by atoms with Gasteiger partial charge < -0.3 is 19.2 Å². The van der Waals surface area contributed by atoms with E-state index in [-0.39, 0.29) is 18.5 Å². The van der Waals surface area contributed by atoms with Gasteiger partial charge in [-0.1, -0.05) is 27.7 Å². The lowest BCUT2D eigenvalue weighted by Crippen LogP contribution is -2.14. The van der Waals surface area contributed by atoms with Crippen LogP contribution in [0.4, 0.5) is 5.69 Å². The first kappa shape index (κ1) is 17.9. The van der Waals surface area contributed by atoms with E-state index in [1.54, 1.807) is 12.1 Å². The summed E-state index contributed by atoms with van der Waals surface area (Å²) in [6.07, 6.45) is 0. The molecule has 1 aliphatic heterocycles. The molecule has 0 saturated heterocycles. The second-order valence-electron chi connectivity index (χ2n) is 5.74. The number of amides is 1. The summed E-state index contributed by atoms with van der Waals surface area (Å²) >= 11 is 4.61. The van der Waals surface area contributed by atoms with Crippen molar-refractivity contribution in [2.24, 2.45) is 0 Å². The van der Waals surface area contributed by atoms with E-state index in [1.807, 2.05) is 31.2 Å². The highest BCUT2D eigenvalue weighted by molar-refractivity contribution is 9.10. The number of thioether (sulfide) groups is 1. The maximum atomic E-state index is 12.1. The van der Waals surface area contributed by atoms with Gasteiger partial charge >= 0.3 is 0 Å². The number of ether oxygens (including phenoxy) is 2. The molecule has 1 N–H and O–H groups in total. The largest absolute Gasteiger partial charge is 0.454 e. The molecule has 27 heavy (non-hydrogen) atoms. The molecule has 7 nitrogen and oxygen atoms in total. The zero-order valence-corrected chi connectivity index (χ0v) is 16.6. The molecule has 2 aromatic carbocycles. The molecule has 3 aromatic rings. The van der Waals surface area contributed by atoms with Gasteiger partial charge in [0.05, 0.1) is 5.75 Å². The van der Waals surface area contributed by atoms with Gasteiger partial charge in [-0.3, -0.25) is 4.79 Å². The van der Waals surface area contributed by atoms with Crippen LogP contribution in [0, 0.1) is 6.92 Å². The Kier molecular flexibility index (Phi) is 5.04. The van der Waals surface area contributed by atoms with Gasteiger partial charge in [0.25, 0.3) is 5.22 Å². The summed E-state index contributed by atoms with van der Waals surface area (Å²) in [6, 6.07) is 11.0. The first-order chi connectivity index (χ1) is 13.1. The fraction of sp³-hybridized carbons (Fsp3) is 0.167. The summed E-state index contributed by atoms with van der Waals surface area (Å²) in [7, 11) is 0. The fourth-order valence-corrected chi connectivity index (χ4v) is 3.27. The van der Waals surface area contributed by atoms with Crippen LogP contribution in [0.15, 0.2) is 50.5 Å². The van der Waals surface area contributed by atoms with E-state index < -0.39 is 0 Å². The number of anilines is 1. The molecule has 1 aliphatic rings. The summed E-state index contributed by atoms with van der Waals surface area (Å²) in [5, 5.41) is 11.2. The quantitative estimate of drug-likeness (QED) is 0.584. The molecule has 0 unspecified atom stereocenters. The molecule has 1 aromatic heterocycles. The van der Waals surface area contributed by atoms with Crippen molar-refractivity contribution in [3.05, 3.63) is 46.4 Å². The van der Waals surface area contributed by atoms with E-state index in [9.17, 15) is 4.79 Å². The predicted octanol–water partition coefficient (Wildman–Crippen LogP) is 4.27. The van der Waals surface area contributed by atoms with Crippen molar-refractivity contribution in [1.82, 2.24) is 10.2 Å².